The summed E-state index contributed by atoms with van der Waals surface area (Å²) in [4.78, 5) is 21.5. The Balaban J connectivity index is 1.32. The lowest BCUT2D eigenvalue weighted by Gasteiger charge is -2.29. The van der Waals surface area contributed by atoms with Gasteiger partial charge in [-0.2, -0.15) is 0 Å². The van der Waals surface area contributed by atoms with Gasteiger partial charge in [-0.05, 0) is 24.1 Å². The summed E-state index contributed by atoms with van der Waals surface area (Å²) in [6.07, 6.45) is 0.783. The van der Waals surface area contributed by atoms with Crippen LogP contribution in [0.3, 0.4) is 0 Å². The fraction of sp³-hybridized carbons (Fsp3) is 0.565. The zero-order valence-electron chi connectivity index (χ0n) is 18.2. The third-order valence-corrected chi connectivity index (χ3v) is 5.89. The highest BCUT2D eigenvalue weighted by molar-refractivity contribution is 5.89. The number of ether oxygens (including phenoxy) is 1. The van der Waals surface area contributed by atoms with E-state index in [9.17, 15) is 4.79 Å². The van der Waals surface area contributed by atoms with Crippen molar-refractivity contribution in [3.05, 3.63) is 52.7 Å². The van der Waals surface area contributed by atoms with E-state index in [1.807, 2.05) is 0 Å². The number of amides is 1. The third-order valence-electron chi connectivity index (χ3n) is 5.89. The van der Waals surface area contributed by atoms with E-state index < -0.39 is 0 Å². The lowest BCUT2D eigenvalue weighted by atomic mass is 10.0. The maximum Gasteiger partial charge on any atom is 0.307 e. The van der Waals surface area contributed by atoms with E-state index in [2.05, 4.69) is 65.3 Å². The molecule has 0 spiro atoms. The number of fused-ring (bicyclic) bond motifs is 1. The van der Waals surface area contributed by atoms with E-state index in [0.717, 1.165) is 44.1 Å². The van der Waals surface area contributed by atoms with Gasteiger partial charge in [-0.3, -0.25) is 9.69 Å². The number of hydrogen-bond donors (Lipinski definition) is 1. The summed E-state index contributed by atoms with van der Waals surface area (Å²) in [7, 11) is 2.06. The lowest BCUT2D eigenvalue weighted by molar-refractivity contribution is -0.0176. The summed E-state index contributed by atoms with van der Waals surface area (Å²) in [5.74, 6) is 1.27. The van der Waals surface area contributed by atoms with Crippen LogP contribution in [0.5, 0.6) is 0 Å². The van der Waals surface area contributed by atoms with Gasteiger partial charge in [0, 0.05) is 45.7 Å². The van der Waals surface area contributed by atoms with Gasteiger partial charge in [0.15, 0.2) is 0 Å². The molecule has 0 aliphatic carbocycles. The minimum absolute atomic E-state index is 0.00913. The fourth-order valence-electron chi connectivity index (χ4n) is 4.02. The van der Waals surface area contributed by atoms with Crippen LogP contribution in [0.2, 0.25) is 0 Å². The first-order chi connectivity index (χ1) is 14.5. The van der Waals surface area contributed by atoms with Crippen molar-refractivity contribution < 1.29 is 13.9 Å². The second-order valence-corrected chi connectivity index (χ2v) is 8.71. The summed E-state index contributed by atoms with van der Waals surface area (Å²) in [5, 5.41) is 2.90. The molecule has 1 N–H and O–H groups in total. The van der Waals surface area contributed by atoms with Crippen LogP contribution in [0, 0.1) is 0 Å². The van der Waals surface area contributed by atoms with E-state index >= 15 is 0 Å². The summed E-state index contributed by atoms with van der Waals surface area (Å²) in [5.41, 5.74) is 3.53. The van der Waals surface area contributed by atoms with Crippen LogP contribution >= 0.6 is 0 Å². The van der Waals surface area contributed by atoms with Crippen molar-refractivity contribution in [2.24, 2.45) is 0 Å². The van der Waals surface area contributed by atoms with E-state index in [1.165, 1.54) is 11.1 Å². The van der Waals surface area contributed by atoms with Crippen LogP contribution in [0.15, 0.2) is 28.7 Å². The van der Waals surface area contributed by atoms with Crippen LogP contribution in [0.4, 0.5) is 0 Å². The van der Waals surface area contributed by atoms with Gasteiger partial charge in [0.1, 0.15) is 5.76 Å². The molecule has 0 saturated carbocycles. The Bertz CT molecular complexity index is 862. The zero-order chi connectivity index (χ0) is 21.1. The molecule has 2 aliphatic rings. The summed E-state index contributed by atoms with van der Waals surface area (Å²) < 4.78 is 11.5. The predicted molar refractivity (Wildman–Crippen MR) is 114 cm³/mol. The Morgan fingerprint density at radius 2 is 2.07 bits per heavy atom. The highest BCUT2D eigenvalue weighted by Gasteiger charge is 2.26. The third kappa shape index (κ3) is 5.09. The maximum absolute atomic E-state index is 12.5. The van der Waals surface area contributed by atoms with Crippen molar-refractivity contribution in [1.82, 2.24) is 20.1 Å². The van der Waals surface area contributed by atoms with Gasteiger partial charge in [0.2, 0.25) is 0 Å². The molecule has 4 rings (SSSR count). The van der Waals surface area contributed by atoms with Crippen molar-refractivity contribution >= 4 is 5.91 Å². The minimum Gasteiger partial charge on any atom is -0.437 e. The molecule has 1 fully saturated rings. The first-order valence-corrected chi connectivity index (χ1v) is 10.9. The van der Waals surface area contributed by atoms with E-state index in [1.54, 1.807) is 0 Å². The molecule has 1 aromatic heterocycles. The van der Waals surface area contributed by atoms with Crippen molar-refractivity contribution in [2.45, 2.75) is 45.4 Å². The molecule has 1 aromatic carbocycles. The van der Waals surface area contributed by atoms with Crippen molar-refractivity contribution in [1.29, 1.82) is 0 Å². The van der Waals surface area contributed by atoms with Crippen LogP contribution in [0.1, 0.15) is 53.0 Å². The molecule has 0 radical (unpaired) electrons. The van der Waals surface area contributed by atoms with Gasteiger partial charge in [0.05, 0.1) is 18.4 Å². The first-order valence-electron chi connectivity index (χ1n) is 10.9. The Morgan fingerprint density at radius 3 is 2.80 bits per heavy atom. The number of hydrogen-bond acceptors (Lipinski definition) is 6. The smallest absolute Gasteiger partial charge is 0.307 e. The molecule has 30 heavy (non-hydrogen) atoms. The molecule has 7 nitrogen and oxygen atoms in total. The predicted octanol–water partition coefficient (Wildman–Crippen LogP) is 2.42. The van der Waals surface area contributed by atoms with Gasteiger partial charge >= 0.3 is 5.91 Å². The number of nitrogens with zero attached hydrogens (tertiary/aromatic N) is 3. The molecule has 1 amide bonds. The van der Waals surface area contributed by atoms with E-state index in [0.29, 0.717) is 25.6 Å². The average Bonchev–Trinajstić information content (AvgIpc) is 3.16. The van der Waals surface area contributed by atoms with Crippen molar-refractivity contribution in [2.75, 3.05) is 39.8 Å². The van der Waals surface area contributed by atoms with Crippen LogP contribution in [-0.2, 0) is 24.2 Å². The Morgan fingerprint density at radius 1 is 1.27 bits per heavy atom. The number of aromatic nitrogens is 1. The maximum atomic E-state index is 12.5. The molecule has 0 unspecified atom stereocenters. The molecule has 2 aliphatic heterocycles. The van der Waals surface area contributed by atoms with Crippen LogP contribution in [0.25, 0.3) is 0 Å². The van der Waals surface area contributed by atoms with Crippen LogP contribution < -0.4 is 5.32 Å². The van der Waals surface area contributed by atoms with Gasteiger partial charge in [-0.15, -0.1) is 0 Å². The van der Waals surface area contributed by atoms with Gasteiger partial charge in [-0.1, -0.05) is 38.1 Å². The molecule has 7 heteroatoms. The highest BCUT2D eigenvalue weighted by Crippen LogP contribution is 2.22. The largest absolute Gasteiger partial charge is 0.437 e. The Hall–Kier alpha value is -2.22. The quantitative estimate of drug-likeness (QED) is 0.786. The molecule has 3 heterocycles. The molecule has 1 atom stereocenters. The molecule has 0 bridgehead atoms. The fourth-order valence-corrected chi connectivity index (χ4v) is 4.02. The molecular formula is C23H32N4O3. The summed E-state index contributed by atoms with van der Waals surface area (Å²) >= 11 is 0. The number of oxazole rings is 1. The SMILES string of the molecule is CC(C)c1ccc(CN2CCc3oc(C(=O)NC[C@H]4CN(C)CCO4)nc3C2)cc1. The van der Waals surface area contributed by atoms with E-state index in [4.69, 9.17) is 9.15 Å². The van der Waals surface area contributed by atoms with Gasteiger partial charge in [-0.25, -0.2) is 4.98 Å². The summed E-state index contributed by atoms with van der Waals surface area (Å²) in [6, 6.07) is 8.83. The Kier molecular flexibility index (Phi) is 6.51. The molecule has 2 aromatic rings. The number of carbonyl (C=O) groups excluding carboxylic acids is 1. The normalized spacial score (nSPS) is 20.3. The number of nitrogens with one attached hydrogen (secondary N) is 1. The summed E-state index contributed by atoms with van der Waals surface area (Å²) in [6.45, 7) is 9.80. The number of rotatable bonds is 6. The number of likely N-dealkylation sites (N-methyl/N-ethyl adjacent to an activating group) is 1. The minimum atomic E-state index is -0.267. The molecule has 162 valence electrons. The van der Waals surface area contributed by atoms with Crippen molar-refractivity contribution in [3.8, 4) is 0 Å². The van der Waals surface area contributed by atoms with Gasteiger partial charge < -0.3 is 19.4 Å². The Labute approximate surface area is 178 Å². The standard InChI is InChI=1S/C23H32N4O3/c1-16(2)18-6-4-17(5-7-18)13-27-9-8-21-20(15-27)25-23(30-21)22(28)24-12-19-14-26(3)10-11-29-19/h4-7,16,19H,8-15H2,1-3H3,(H,24,28)/t19-/m0/s1. The van der Waals surface area contributed by atoms with Gasteiger partial charge in [0.25, 0.3) is 5.89 Å². The number of morpholine rings is 1. The highest BCUT2D eigenvalue weighted by atomic mass is 16.5. The molecule has 1 saturated heterocycles. The monoisotopic (exact) mass is 412 g/mol. The van der Waals surface area contributed by atoms with Crippen molar-refractivity contribution in [3.63, 3.8) is 0 Å². The zero-order valence-corrected chi connectivity index (χ0v) is 18.2. The lowest BCUT2D eigenvalue weighted by Crippen LogP contribution is -2.45. The number of carbonyl (C=O) groups is 1. The average molecular weight is 413 g/mol. The topological polar surface area (TPSA) is 70.8 Å². The number of benzene rings is 1. The second-order valence-electron chi connectivity index (χ2n) is 8.71. The second kappa shape index (κ2) is 9.29. The molecular weight excluding hydrogens is 380 g/mol. The van der Waals surface area contributed by atoms with E-state index in [-0.39, 0.29) is 17.9 Å². The van der Waals surface area contributed by atoms with Crippen LogP contribution in [-0.4, -0.2) is 66.6 Å². The first kappa shape index (κ1) is 21.0.